The van der Waals surface area contributed by atoms with E-state index in [0.717, 1.165) is 18.2 Å². The number of halogens is 15. The number of fused-ring (bicyclic) bond motifs is 2. The second-order valence-corrected chi connectivity index (χ2v) is 16.0. The van der Waals surface area contributed by atoms with E-state index in [1.807, 2.05) is 0 Å². The third kappa shape index (κ3) is 3.24. The third-order valence-corrected chi connectivity index (χ3v) is 15.7. The van der Waals surface area contributed by atoms with Crippen LogP contribution >= 0.6 is 6.63 Å². The molecule has 0 N–H and O–H groups in total. The van der Waals surface area contributed by atoms with Gasteiger partial charge in [0.1, 0.15) is 0 Å². The molecule has 0 radical (unpaired) electrons. The minimum absolute atomic E-state index is 0.0352. The molecule has 3 heterocycles. The van der Waals surface area contributed by atoms with E-state index in [9.17, 15) is 13.2 Å². The van der Waals surface area contributed by atoms with Gasteiger partial charge in [-0.1, -0.05) is 0 Å². The van der Waals surface area contributed by atoms with Gasteiger partial charge in [0.05, 0.1) is 0 Å². The number of hydrogen-bond donors (Lipinski definition) is 0. The van der Waals surface area contributed by atoms with E-state index in [2.05, 4.69) is 0 Å². The third-order valence-electron chi connectivity index (χ3n) is 8.72. The van der Waals surface area contributed by atoms with Crippen molar-refractivity contribution in [1.29, 1.82) is 0 Å². The van der Waals surface area contributed by atoms with Crippen molar-refractivity contribution in [2.75, 3.05) is 0 Å². The molecule has 0 bridgehead atoms. The molecule has 0 saturated carbocycles. The summed E-state index contributed by atoms with van der Waals surface area (Å²) in [6.07, 6.45) is -36.6. The van der Waals surface area contributed by atoms with Crippen LogP contribution in [0.3, 0.4) is 0 Å². The minimum atomic E-state index is -8.92. The van der Waals surface area contributed by atoms with Crippen LogP contribution < -0.4 is 10.6 Å². The van der Waals surface area contributed by atoms with Crippen molar-refractivity contribution in [3.05, 3.63) is 95.6 Å². The molecule has 6 rings (SSSR count). The molecule has 3 aliphatic rings. The number of alkyl halides is 15. The zero-order chi connectivity index (χ0) is 34.3. The van der Waals surface area contributed by atoms with Gasteiger partial charge in [0.15, 0.2) is 0 Å². The maximum atomic E-state index is 15.0. The second kappa shape index (κ2) is 8.49. The molecule has 3 aromatic rings. The Morgan fingerprint density at radius 3 is 1.17 bits per heavy atom. The molecule has 0 amide bonds. The summed E-state index contributed by atoms with van der Waals surface area (Å²) < 4.78 is 239. The molecule has 2 unspecified atom stereocenters. The molecule has 1 fully saturated rings. The summed E-state index contributed by atoms with van der Waals surface area (Å²) in [7, 11) is 0. The molecule has 3 nitrogen and oxygen atoms in total. The predicted molar refractivity (Wildman–Crippen MR) is 129 cm³/mol. The van der Waals surface area contributed by atoms with E-state index in [1.54, 1.807) is 0 Å². The summed E-state index contributed by atoms with van der Waals surface area (Å²) in [6.45, 7) is -8.92. The molecular formula is C27H15F15O3P-. The number of rotatable bonds is 1. The monoisotopic (exact) mass is 703 g/mol. The average molecular weight is 703 g/mol. The molecule has 1 spiro atoms. The zero-order valence-corrected chi connectivity index (χ0v) is 22.9. The molecule has 0 aliphatic carbocycles. The molecule has 19 heteroatoms. The van der Waals surface area contributed by atoms with E-state index in [4.69, 9.17) is 13.6 Å². The summed E-state index contributed by atoms with van der Waals surface area (Å²) in [6, 6.07) is 7.02. The maximum absolute atomic E-state index is 15.0. The Labute approximate surface area is 246 Å². The molecule has 3 aliphatic heterocycles. The Morgan fingerprint density at radius 1 is 0.478 bits per heavy atom. The number of hydrogen-bond acceptors (Lipinski definition) is 3. The molecule has 0 aromatic heterocycles. The van der Waals surface area contributed by atoms with E-state index in [0.29, 0.717) is 36.4 Å². The summed E-state index contributed by atoms with van der Waals surface area (Å²) in [5, 5.41) is -3.64. The fourth-order valence-electron chi connectivity index (χ4n) is 7.28. The van der Waals surface area contributed by atoms with Gasteiger partial charge in [0.25, 0.3) is 0 Å². The summed E-state index contributed by atoms with van der Waals surface area (Å²) in [4.78, 5) is 0. The first-order chi connectivity index (χ1) is 20.8. The van der Waals surface area contributed by atoms with Crippen molar-refractivity contribution < 1.29 is 79.4 Å². The van der Waals surface area contributed by atoms with Gasteiger partial charge in [0.2, 0.25) is 0 Å². The number of benzene rings is 3. The van der Waals surface area contributed by atoms with Crippen molar-refractivity contribution in [1.82, 2.24) is 0 Å². The predicted octanol–water partition coefficient (Wildman–Crippen LogP) is 8.87. The molecule has 2 atom stereocenters. The summed E-state index contributed by atoms with van der Waals surface area (Å²) >= 11 is 0. The van der Waals surface area contributed by atoms with Crippen LogP contribution in [0, 0.1) is 0 Å². The van der Waals surface area contributed by atoms with Crippen molar-refractivity contribution in [2.24, 2.45) is 0 Å². The van der Waals surface area contributed by atoms with Crippen LogP contribution in [0.25, 0.3) is 0 Å². The Bertz CT molecular complexity index is 1620. The van der Waals surface area contributed by atoms with Crippen molar-refractivity contribution in [3.8, 4) is 0 Å². The quantitative estimate of drug-likeness (QED) is 0.187. The van der Waals surface area contributed by atoms with E-state index < -0.39 is 87.8 Å². The molecular weight excluding hydrogens is 688 g/mol. The van der Waals surface area contributed by atoms with Gasteiger partial charge in [-0.2, -0.15) is 0 Å². The van der Waals surface area contributed by atoms with Gasteiger partial charge in [-0.05, 0) is 0 Å². The topological polar surface area (TPSA) is 27.7 Å². The Kier molecular flexibility index (Phi) is 6.06. The van der Waals surface area contributed by atoms with E-state index in [-0.39, 0.29) is 24.3 Å². The summed E-state index contributed by atoms with van der Waals surface area (Å²) in [5.41, 5.74) is -20.3. The van der Waals surface area contributed by atoms with Crippen molar-refractivity contribution >= 4 is 17.2 Å². The van der Waals surface area contributed by atoms with Gasteiger partial charge in [-0.25, -0.2) is 0 Å². The van der Waals surface area contributed by atoms with Crippen molar-refractivity contribution in [3.63, 3.8) is 0 Å². The van der Waals surface area contributed by atoms with Crippen LogP contribution in [0.2, 0.25) is 0 Å². The molecule has 1 saturated heterocycles. The fourth-order valence-corrected chi connectivity index (χ4v) is 15.9. The summed E-state index contributed by atoms with van der Waals surface area (Å²) in [5.74, 6) is 0. The van der Waals surface area contributed by atoms with Crippen LogP contribution in [0.1, 0.15) is 22.3 Å². The molecule has 3 aromatic carbocycles. The van der Waals surface area contributed by atoms with Crippen LogP contribution in [0.15, 0.2) is 78.9 Å². The van der Waals surface area contributed by atoms with E-state index >= 15 is 52.7 Å². The normalized spacial score (nSPS) is 27.1. The van der Waals surface area contributed by atoms with Gasteiger partial charge < -0.3 is 0 Å². The van der Waals surface area contributed by atoms with Gasteiger partial charge >= 0.3 is 246 Å². The zero-order valence-electron chi connectivity index (χ0n) is 22.0. The molecule has 252 valence electrons. The average Bonchev–Trinajstić information content (AvgIpc) is 3.35. The SMILES string of the molecule is FC(F)(F)C1O[P-]23(OC(C(F)(F)F)(C(F)(F)F)c4ccccc42)(OC(C(F)(F)F)(C(F)(F)F)c2ccccc23)C1c1ccccc1. The van der Waals surface area contributed by atoms with Crippen LogP contribution in [0.5, 0.6) is 0 Å². The van der Waals surface area contributed by atoms with E-state index in [1.165, 1.54) is 0 Å². The molecule has 46 heavy (non-hydrogen) atoms. The van der Waals surface area contributed by atoms with Crippen molar-refractivity contribution in [2.45, 2.75) is 53.8 Å². The first-order valence-corrected chi connectivity index (χ1v) is 15.2. The first kappa shape index (κ1) is 32.8. The Hall–Kier alpha value is -3.08. The fraction of sp³-hybridized carbons (Fsp3) is 0.333. The first-order valence-electron chi connectivity index (χ1n) is 12.7. The Balaban J connectivity index is 1.97. The van der Waals surface area contributed by atoms with Crippen LogP contribution in [0.4, 0.5) is 65.9 Å². The Morgan fingerprint density at radius 2 is 0.826 bits per heavy atom. The van der Waals surface area contributed by atoms with Gasteiger partial charge in [0, 0.05) is 0 Å². The van der Waals surface area contributed by atoms with Gasteiger partial charge in [-0.15, -0.1) is 0 Å². The van der Waals surface area contributed by atoms with Crippen LogP contribution in [-0.4, -0.2) is 37.0 Å². The van der Waals surface area contributed by atoms with Crippen LogP contribution in [-0.2, 0) is 24.8 Å². The standard InChI is InChI=1S/C27H15F15O3P/c28-23(29,30)20-19(14-8-2-1-3-9-14)46(43-20,17-12-6-4-10-15(17)21(44-46,24(31,32)33)25(34,35)36)18-13-7-5-11-16(18)22(45-46,26(37,38)39)27(40,41)42/h1-13,19-20H/q-1. The van der Waals surface area contributed by atoms with Gasteiger partial charge in [-0.3, -0.25) is 0 Å². The second-order valence-electron chi connectivity index (χ2n) is 11.0.